The van der Waals surface area contributed by atoms with Crippen molar-refractivity contribution in [2.75, 3.05) is 20.8 Å². The molecule has 0 saturated carbocycles. The van der Waals surface area contributed by atoms with E-state index in [9.17, 15) is 46.1 Å². The highest BCUT2D eigenvalue weighted by molar-refractivity contribution is 7.89. The number of carbonyl (C=O) groups is 3. The summed E-state index contributed by atoms with van der Waals surface area (Å²) in [5, 5.41) is 15.3. The molecule has 0 fully saturated rings. The van der Waals surface area contributed by atoms with Crippen LogP contribution in [0, 0.1) is 10.1 Å². The number of non-ortho nitro benzene ring substituents is 1. The van der Waals surface area contributed by atoms with Gasteiger partial charge in [0, 0.05) is 24.6 Å². The van der Waals surface area contributed by atoms with E-state index >= 15 is 0 Å². The standard InChI is InChI=1S/C34H37F3N4O9S/c1-4-22-40(51(47,48)26-20-18-25(19-21-26)41(45)46)27(32(43)49-2)16-11-17-28(34(35,36)37)38-31(42)30(39-33(44)50-3)29(23-12-7-5-8-13-23)24-14-9-6-10-15-24/h5-15,17-21,27-30H,4,16,22H2,1-3H3,(H,38,42)(H,39,44)/b17-11+/t27-,28?,30?/m0/s1. The van der Waals surface area contributed by atoms with Crippen LogP contribution in [0.3, 0.4) is 0 Å². The van der Waals surface area contributed by atoms with Gasteiger partial charge < -0.3 is 20.1 Å². The average molecular weight is 735 g/mol. The number of carbonyl (C=O) groups excluding carboxylic acids is 3. The predicted molar refractivity (Wildman–Crippen MR) is 179 cm³/mol. The number of nitrogens with zero attached hydrogens (tertiary/aromatic N) is 2. The molecule has 17 heteroatoms. The third-order valence-electron chi connectivity index (χ3n) is 7.65. The highest BCUT2D eigenvalue weighted by Gasteiger charge is 2.42. The maximum absolute atomic E-state index is 14.4. The molecule has 0 saturated heterocycles. The van der Waals surface area contributed by atoms with Crippen LogP contribution in [0.1, 0.15) is 36.8 Å². The zero-order valence-electron chi connectivity index (χ0n) is 27.8. The van der Waals surface area contributed by atoms with Gasteiger partial charge in [0.15, 0.2) is 0 Å². The van der Waals surface area contributed by atoms with Crippen LogP contribution in [-0.4, -0.2) is 80.7 Å². The Morgan fingerprint density at radius 3 is 1.90 bits per heavy atom. The lowest BCUT2D eigenvalue weighted by atomic mass is 9.84. The van der Waals surface area contributed by atoms with Crippen molar-refractivity contribution in [1.82, 2.24) is 14.9 Å². The normalized spacial score (nSPS) is 13.7. The number of alkyl carbamates (subject to hydrolysis) is 1. The molecule has 0 bridgehead atoms. The van der Waals surface area contributed by atoms with E-state index in [4.69, 9.17) is 4.74 Å². The number of rotatable bonds is 16. The molecule has 13 nitrogen and oxygen atoms in total. The first-order chi connectivity index (χ1) is 24.1. The minimum atomic E-state index is -5.08. The van der Waals surface area contributed by atoms with Gasteiger partial charge in [-0.1, -0.05) is 79.7 Å². The second kappa shape index (κ2) is 18.1. The molecule has 3 atom stereocenters. The molecule has 2 N–H and O–H groups in total. The first-order valence-electron chi connectivity index (χ1n) is 15.5. The molecule has 2 amide bonds. The Kier molecular flexibility index (Phi) is 14.2. The van der Waals surface area contributed by atoms with Crippen molar-refractivity contribution in [3.05, 3.63) is 118 Å². The molecule has 3 aromatic rings. The second-order valence-electron chi connectivity index (χ2n) is 11.0. The van der Waals surface area contributed by atoms with E-state index in [1.807, 2.05) is 5.32 Å². The second-order valence-corrected chi connectivity index (χ2v) is 12.9. The number of methoxy groups -OCH3 is 2. The molecule has 0 aromatic heterocycles. The molecular weight excluding hydrogens is 697 g/mol. The summed E-state index contributed by atoms with van der Waals surface area (Å²) in [5.74, 6) is -3.26. The maximum Gasteiger partial charge on any atom is 0.412 e. The molecule has 3 rings (SSSR count). The number of hydrogen-bond acceptors (Lipinski definition) is 9. The number of halogens is 3. The third kappa shape index (κ3) is 10.6. The Morgan fingerprint density at radius 2 is 1.45 bits per heavy atom. The van der Waals surface area contributed by atoms with Gasteiger partial charge in [0.1, 0.15) is 18.1 Å². The maximum atomic E-state index is 14.4. The molecule has 0 aliphatic carbocycles. The van der Waals surface area contributed by atoms with Crippen molar-refractivity contribution < 1.29 is 50.4 Å². The summed E-state index contributed by atoms with van der Waals surface area (Å²) in [6.45, 7) is 1.35. The molecule has 0 aliphatic heterocycles. The van der Waals surface area contributed by atoms with E-state index in [2.05, 4.69) is 10.1 Å². The lowest BCUT2D eigenvalue weighted by molar-refractivity contribution is -0.384. The zero-order valence-corrected chi connectivity index (χ0v) is 28.6. The molecule has 274 valence electrons. The molecule has 2 unspecified atom stereocenters. The summed E-state index contributed by atoms with van der Waals surface area (Å²) in [7, 11) is -2.50. The lowest BCUT2D eigenvalue weighted by Gasteiger charge is -2.30. The Bertz CT molecular complexity index is 1740. The summed E-state index contributed by atoms with van der Waals surface area (Å²) in [5.41, 5.74) is 0.627. The van der Waals surface area contributed by atoms with Crippen molar-refractivity contribution >= 4 is 33.7 Å². The van der Waals surface area contributed by atoms with E-state index in [-0.39, 0.29) is 18.7 Å². The monoisotopic (exact) mass is 734 g/mol. The van der Waals surface area contributed by atoms with E-state index < -0.39 is 74.5 Å². The Balaban J connectivity index is 1.98. The Morgan fingerprint density at radius 1 is 0.902 bits per heavy atom. The fourth-order valence-electron chi connectivity index (χ4n) is 5.22. The molecule has 0 heterocycles. The van der Waals surface area contributed by atoms with Crippen LogP contribution in [0.5, 0.6) is 0 Å². The van der Waals surface area contributed by atoms with Gasteiger partial charge in [0.05, 0.1) is 24.0 Å². The minimum Gasteiger partial charge on any atom is -0.468 e. The number of esters is 1. The van der Waals surface area contributed by atoms with Crippen molar-refractivity contribution in [3.63, 3.8) is 0 Å². The number of ether oxygens (including phenoxy) is 2. The van der Waals surface area contributed by atoms with E-state index in [1.165, 1.54) is 0 Å². The summed E-state index contributed by atoms with van der Waals surface area (Å²) in [6.07, 6.45) is -5.12. The van der Waals surface area contributed by atoms with Crippen molar-refractivity contribution in [2.45, 2.75) is 54.9 Å². The fraction of sp³-hybridized carbons (Fsp3) is 0.324. The lowest BCUT2D eigenvalue weighted by Crippen LogP contribution is -2.55. The smallest absolute Gasteiger partial charge is 0.412 e. The van der Waals surface area contributed by atoms with Gasteiger partial charge in [0.2, 0.25) is 15.9 Å². The van der Waals surface area contributed by atoms with Gasteiger partial charge in [-0.15, -0.1) is 0 Å². The van der Waals surface area contributed by atoms with Crippen molar-refractivity contribution in [1.29, 1.82) is 0 Å². The topological polar surface area (TPSA) is 174 Å². The van der Waals surface area contributed by atoms with Gasteiger partial charge in [-0.05, 0) is 36.1 Å². The molecule has 51 heavy (non-hydrogen) atoms. The first kappa shape index (κ1) is 40.1. The average Bonchev–Trinajstić information content (AvgIpc) is 3.11. The number of alkyl halides is 3. The summed E-state index contributed by atoms with van der Waals surface area (Å²) in [6, 6.07) is 14.7. The van der Waals surface area contributed by atoms with Crippen LogP contribution in [-0.2, 0) is 29.1 Å². The SMILES string of the molecule is CCCN([C@@H](C/C=C/C(NC(=O)C(NC(=O)OC)C(c1ccccc1)c1ccccc1)C(F)(F)F)C(=O)OC)S(=O)(=O)c1ccc([N+](=O)[O-])cc1. The van der Waals surface area contributed by atoms with Gasteiger partial charge in [0.25, 0.3) is 5.69 Å². The van der Waals surface area contributed by atoms with Crippen LogP contribution < -0.4 is 10.6 Å². The predicted octanol–water partition coefficient (Wildman–Crippen LogP) is 5.09. The van der Waals surface area contributed by atoms with E-state index in [0.29, 0.717) is 17.2 Å². The molecule has 3 aromatic carbocycles. The van der Waals surface area contributed by atoms with Crippen molar-refractivity contribution in [2.24, 2.45) is 0 Å². The molecule has 0 aliphatic rings. The molecular formula is C34H37F3N4O9S. The highest BCUT2D eigenvalue weighted by atomic mass is 32.2. The molecule has 0 radical (unpaired) electrons. The first-order valence-corrected chi connectivity index (χ1v) is 16.9. The number of nitrogens with one attached hydrogen (secondary N) is 2. The number of sulfonamides is 1. The van der Waals surface area contributed by atoms with Crippen LogP contribution in [0.2, 0.25) is 0 Å². The number of amides is 2. The highest BCUT2D eigenvalue weighted by Crippen LogP contribution is 2.30. The summed E-state index contributed by atoms with van der Waals surface area (Å²) >= 11 is 0. The Labute approximate surface area is 292 Å². The largest absolute Gasteiger partial charge is 0.468 e. The van der Waals surface area contributed by atoms with Crippen LogP contribution >= 0.6 is 0 Å². The number of nitro groups is 1. The summed E-state index contributed by atoms with van der Waals surface area (Å²) in [4.78, 5) is 48.9. The van der Waals surface area contributed by atoms with Gasteiger partial charge in [-0.2, -0.15) is 17.5 Å². The Hall–Kier alpha value is -5.29. The van der Waals surface area contributed by atoms with Crippen LogP contribution in [0.4, 0.5) is 23.7 Å². The number of hydrogen-bond donors (Lipinski definition) is 2. The van der Waals surface area contributed by atoms with Gasteiger partial charge in [-0.25, -0.2) is 13.2 Å². The van der Waals surface area contributed by atoms with E-state index in [1.54, 1.807) is 67.6 Å². The number of nitro benzene ring substituents is 1. The zero-order chi connectivity index (χ0) is 37.8. The summed E-state index contributed by atoms with van der Waals surface area (Å²) < 4.78 is 80.7. The number of benzene rings is 3. The quantitative estimate of drug-likeness (QED) is 0.0880. The van der Waals surface area contributed by atoms with Crippen molar-refractivity contribution in [3.8, 4) is 0 Å². The van der Waals surface area contributed by atoms with Gasteiger partial charge in [-0.3, -0.25) is 19.7 Å². The van der Waals surface area contributed by atoms with Gasteiger partial charge >= 0.3 is 18.2 Å². The van der Waals surface area contributed by atoms with E-state index in [0.717, 1.165) is 48.9 Å². The molecule has 0 spiro atoms. The van der Waals surface area contributed by atoms with Crippen LogP contribution in [0.15, 0.2) is 102 Å². The van der Waals surface area contributed by atoms with Crippen LogP contribution in [0.25, 0.3) is 0 Å². The minimum absolute atomic E-state index is 0.184. The third-order valence-corrected chi connectivity index (χ3v) is 9.57. The fourth-order valence-corrected chi connectivity index (χ4v) is 6.90.